The molecular weight excluding hydrogens is 370 g/mol. The van der Waals surface area contributed by atoms with E-state index in [1.54, 1.807) is 7.11 Å². The number of ether oxygens (including phenoxy) is 1. The van der Waals surface area contributed by atoms with Crippen LogP contribution in [-0.4, -0.2) is 19.4 Å². The molecule has 2 fully saturated rings. The fraction of sp³-hybridized carbons (Fsp3) is 0.519. The summed E-state index contributed by atoms with van der Waals surface area (Å²) in [4.78, 5) is 13.1. The van der Waals surface area contributed by atoms with E-state index in [-0.39, 0.29) is 5.41 Å². The molecular formula is C27H33NO2. The number of Topliss-reactive ketones (excluding diaryl/α,β-unsaturated/α-hetero) is 1. The topological polar surface area (TPSA) is 38.3 Å². The Morgan fingerprint density at radius 3 is 2.77 bits per heavy atom. The van der Waals surface area contributed by atoms with E-state index in [9.17, 15) is 4.79 Å². The van der Waals surface area contributed by atoms with Gasteiger partial charge in [-0.2, -0.15) is 0 Å². The molecule has 0 aromatic heterocycles. The molecule has 0 amide bonds. The average Bonchev–Trinajstić information content (AvgIpc) is 3.04. The van der Waals surface area contributed by atoms with E-state index >= 15 is 0 Å². The normalized spacial score (nSPS) is 32.3. The maximum Gasteiger partial charge on any atom is 0.139 e. The molecule has 5 atom stereocenters. The van der Waals surface area contributed by atoms with Crippen LogP contribution in [0.2, 0.25) is 0 Å². The van der Waals surface area contributed by atoms with Gasteiger partial charge in [-0.15, -0.1) is 0 Å². The zero-order chi connectivity index (χ0) is 20.7. The fourth-order valence-corrected chi connectivity index (χ4v) is 6.93. The summed E-state index contributed by atoms with van der Waals surface area (Å²) in [5.41, 5.74) is 4.17. The third-order valence-electron chi connectivity index (χ3n) is 8.36. The summed E-state index contributed by atoms with van der Waals surface area (Å²) in [5, 5.41) is 3.68. The van der Waals surface area contributed by atoms with E-state index < -0.39 is 0 Å². The molecule has 2 saturated carbocycles. The van der Waals surface area contributed by atoms with Crippen LogP contribution in [0.4, 0.5) is 0 Å². The molecule has 0 heterocycles. The zero-order valence-corrected chi connectivity index (χ0v) is 18.2. The minimum absolute atomic E-state index is 0.121. The molecule has 0 spiro atoms. The first-order valence-electron chi connectivity index (χ1n) is 11.5. The molecule has 2 aromatic carbocycles. The number of fused-ring (bicyclic) bond motifs is 5. The molecule has 30 heavy (non-hydrogen) atoms. The van der Waals surface area contributed by atoms with Gasteiger partial charge in [-0.3, -0.25) is 4.79 Å². The lowest BCUT2D eigenvalue weighted by molar-refractivity contribution is -0.129. The minimum Gasteiger partial charge on any atom is -0.497 e. The Balaban J connectivity index is 1.36. The van der Waals surface area contributed by atoms with Crippen molar-refractivity contribution in [1.82, 2.24) is 5.32 Å². The Morgan fingerprint density at radius 2 is 1.97 bits per heavy atom. The van der Waals surface area contributed by atoms with Crippen molar-refractivity contribution in [2.24, 2.45) is 23.2 Å². The summed E-state index contributed by atoms with van der Waals surface area (Å²) in [6.45, 7) is 4.10. The Hall–Kier alpha value is -2.13. The predicted octanol–water partition coefficient (Wildman–Crippen LogP) is 5.14. The van der Waals surface area contributed by atoms with Gasteiger partial charge in [0.15, 0.2) is 0 Å². The van der Waals surface area contributed by atoms with E-state index in [1.165, 1.54) is 23.1 Å². The molecule has 3 aliphatic carbocycles. The highest BCUT2D eigenvalue weighted by atomic mass is 16.5. The van der Waals surface area contributed by atoms with Crippen LogP contribution >= 0.6 is 0 Å². The first-order chi connectivity index (χ1) is 14.6. The highest BCUT2D eigenvalue weighted by molar-refractivity contribution is 5.87. The van der Waals surface area contributed by atoms with Crippen molar-refractivity contribution in [3.8, 4) is 5.75 Å². The Labute approximate surface area is 180 Å². The number of carbonyl (C=O) groups is 1. The number of carbonyl (C=O) groups excluding carboxylic acids is 1. The molecule has 5 rings (SSSR count). The minimum atomic E-state index is -0.121. The van der Waals surface area contributed by atoms with Crippen LogP contribution in [0.15, 0.2) is 48.5 Å². The summed E-state index contributed by atoms with van der Waals surface area (Å²) >= 11 is 0. The molecule has 158 valence electrons. The van der Waals surface area contributed by atoms with Crippen LogP contribution in [-0.2, 0) is 17.8 Å². The van der Waals surface area contributed by atoms with E-state index in [2.05, 4.69) is 60.8 Å². The lowest BCUT2D eigenvalue weighted by atomic mass is 9.54. The van der Waals surface area contributed by atoms with Gasteiger partial charge in [-0.1, -0.05) is 43.3 Å². The first-order valence-corrected chi connectivity index (χ1v) is 11.5. The van der Waals surface area contributed by atoms with E-state index in [0.717, 1.165) is 44.5 Å². The molecule has 0 saturated heterocycles. The molecule has 0 unspecified atom stereocenters. The molecule has 0 bridgehead atoms. The average molecular weight is 404 g/mol. The van der Waals surface area contributed by atoms with Crippen molar-refractivity contribution < 1.29 is 9.53 Å². The Bertz CT molecular complexity index is 924. The molecule has 0 aliphatic heterocycles. The predicted molar refractivity (Wildman–Crippen MR) is 120 cm³/mol. The fourth-order valence-electron chi connectivity index (χ4n) is 6.93. The number of methoxy groups -OCH3 is 1. The van der Waals surface area contributed by atoms with Crippen LogP contribution < -0.4 is 10.1 Å². The molecule has 1 N–H and O–H groups in total. The maximum atomic E-state index is 13.1. The van der Waals surface area contributed by atoms with E-state index in [1.807, 2.05) is 0 Å². The Morgan fingerprint density at radius 1 is 1.13 bits per heavy atom. The zero-order valence-electron chi connectivity index (χ0n) is 18.2. The number of nitrogens with one attached hydrogen (secondary N) is 1. The van der Waals surface area contributed by atoms with Gasteiger partial charge in [0.25, 0.3) is 0 Å². The quantitative estimate of drug-likeness (QED) is 0.751. The standard InChI is InChI=1S/C27H33NO2/c1-27-13-12-23-22-11-9-21(30-2)14-19(22)8-10-24(23)26(27)20(15-25(27)29)17-28-16-18-6-4-3-5-7-18/h3-7,9,11,14,20,23-24,26,28H,8,10,12-13,15-17H2,1-2H3/t20-,23-,24-,26+,27-/m1/s1. The number of aryl methyl sites for hydroxylation is 1. The molecule has 0 radical (unpaired) electrons. The lowest BCUT2D eigenvalue weighted by Gasteiger charge is -2.50. The van der Waals surface area contributed by atoms with Gasteiger partial charge < -0.3 is 10.1 Å². The molecule has 3 aliphatic rings. The summed E-state index contributed by atoms with van der Waals surface area (Å²) in [7, 11) is 1.75. The highest BCUT2D eigenvalue weighted by Crippen LogP contribution is 2.61. The van der Waals surface area contributed by atoms with Gasteiger partial charge in [0.2, 0.25) is 0 Å². The summed E-state index contributed by atoms with van der Waals surface area (Å²) < 4.78 is 5.46. The van der Waals surface area contributed by atoms with Gasteiger partial charge >= 0.3 is 0 Å². The van der Waals surface area contributed by atoms with Crippen LogP contribution in [0.1, 0.15) is 55.2 Å². The number of ketones is 1. The summed E-state index contributed by atoms with van der Waals surface area (Å²) in [6, 6.07) is 17.2. The summed E-state index contributed by atoms with van der Waals surface area (Å²) in [5.74, 6) is 3.66. The lowest BCUT2D eigenvalue weighted by Crippen LogP contribution is -2.45. The second-order valence-corrected chi connectivity index (χ2v) is 9.86. The van der Waals surface area contributed by atoms with Crippen LogP contribution in [0.5, 0.6) is 5.75 Å². The van der Waals surface area contributed by atoms with Crippen molar-refractivity contribution in [2.45, 2.75) is 51.5 Å². The Kier molecular flexibility index (Phi) is 5.18. The maximum absolute atomic E-state index is 13.1. The van der Waals surface area contributed by atoms with Crippen LogP contribution in [0, 0.1) is 23.2 Å². The highest BCUT2D eigenvalue weighted by Gasteiger charge is 2.58. The third kappa shape index (κ3) is 3.28. The molecule has 2 aromatic rings. The van der Waals surface area contributed by atoms with Gasteiger partial charge in [0.05, 0.1) is 7.11 Å². The van der Waals surface area contributed by atoms with Crippen molar-refractivity contribution in [1.29, 1.82) is 0 Å². The smallest absolute Gasteiger partial charge is 0.139 e. The van der Waals surface area contributed by atoms with Crippen molar-refractivity contribution in [3.63, 3.8) is 0 Å². The number of hydrogen-bond acceptors (Lipinski definition) is 3. The van der Waals surface area contributed by atoms with Crippen molar-refractivity contribution >= 4 is 5.78 Å². The second kappa shape index (κ2) is 7.85. The second-order valence-electron chi connectivity index (χ2n) is 9.86. The molecule has 3 heteroatoms. The first kappa shape index (κ1) is 19.8. The van der Waals surface area contributed by atoms with Crippen molar-refractivity contribution in [2.75, 3.05) is 13.7 Å². The SMILES string of the molecule is COc1ccc2c(c1)CC[C@H]1[C@@H]3[C@@H](CNCc4ccccc4)CC(=O)[C@@]3(C)CC[C@H]21. The third-order valence-corrected chi connectivity index (χ3v) is 8.36. The summed E-state index contributed by atoms with van der Waals surface area (Å²) in [6.07, 6.45) is 5.25. The van der Waals surface area contributed by atoms with Gasteiger partial charge in [-0.25, -0.2) is 0 Å². The number of rotatable bonds is 5. The largest absolute Gasteiger partial charge is 0.497 e. The van der Waals surface area contributed by atoms with Crippen LogP contribution in [0.3, 0.4) is 0 Å². The van der Waals surface area contributed by atoms with Gasteiger partial charge in [0, 0.05) is 18.4 Å². The van der Waals surface area contributed by atoms with E-state index in [4.69, 9.17) is 4.74 Å². The van der Waals surface area contributed by atoms with Gasteiger partial charge in [0.1, 0.15) is 11.5 Å². The van der Waals surface area contributed by atoms with E-state index in [0.29, 0.717) is 29.5 Å². The van der Waals surface area contributed by atoms with Crippen molar-refractivity contribution in [3.05, 3.63) is 65.2 Å². The monoisotopic (exact) mass is 403 g/mol. The van der Waals surface area contributed by atoms with Crippen LogP contribution in [0.25, 0.3) is 0 Å². The van der Waals surface area contributed by atoms with Gasteiger partial charge in [-0.05, 0) is 84.7 Å². The molecule has 3 nitrogen and oxygen atoms in total. The number of benzene rings is 2. The number of hydrogen-bond donors (Lipinski definition) is 1.